The SMILES string of the molecule is C1CCCCC1.CCO.O. The summed E-state index contributed by atoms with van der Waals surface area (Å²) in [5.41, 5.74) is 0. The van der Waals surface area contributed by atoms with Gasteiger partial charge in [-0.25, -0.2) is 0 Å². The van der Waals surface area contributed by atoms with Crippen molar-refractivity contribution in [2.45, 2.75) is 45.4 Å². The smallest absolute Gasteiger partial charge is 0.0402 e. The van der Waals surface area contributed by atoms with Crippen molar-refractivity contribution in [3.63, 3.8) is 0 Å². The monoisotopic (exact) mass is 148 g/mol. The molecule has 10 heavy (non-hydrogen) atoms. The van der Waals surface area contributed by atoms with Gasteiger partial charge in [0.25, 0.3) is 0 Å². The normalized spacial score (nSPS) is 16.2. The minimum Gasteiger partial charge on any atom is -0.412 e. The molecule has 2 heteroatoms. The minimum absolute atomic E-state index is 0. The Balaban J connectivity index is 0. The van der Waals surface area contributed by atoms with E-state index in [0.29, 0.717) is 0 Å². The summed E-state index contributed by atoms with van der Waals surface area (Å²) in [5, 5.41) is 7.57. The first kappa shape index (κ1) is 12.6. The maximum atomic E-state index is 7.57. The lowest BCUT2D eigenvalue weighted by atomic mass is 10.0. The molecule has 0 aliphatic heterocycles. The van der Waals surface area contributed by atoms with Crippen LogP contribution in [0.15, 0.2) is 0 Å². The number of aliphatic hydroxyl groups is 1. The van der Waals surface area contributed by atoms with Gasteiger partial charge in [0.05, 0.1) is 0 Å². The molecule has 0 aromatic carbocycles. The average Bonchev–Trinajstić information content (AvgIpc) is 1.93. The number of hydrogen-bond acceptors (Lipinski definition) is 1. The quantitative estimate of drug-likeness (QED) is 0.556. The van der Waals surface area contributed by atoms with Crippen molar-refractivity contribution < 1.29 is 10.6 Å². The van der Waals surface area contributed by atoms with E-state index in [2.05, 4.69) is 0 Å². The molecule has 64 valence electrons. The van der Waals surface area contributed by atoms with Crippen LogP contribution in [0.5, 0.6) is 0 Å². The van der Waals surface area contributed by atoms with Gasteiger partial charge in [-0.2, -0.15) is 0 Å². The van der Waals surface area contributed by atoms with Crippen LogP contribution in [0.1, 0.15) is 45.4 Å². The van der Waals surface area contributed by atoms with E-state index in [9.17, 15) is 0 Å². The molecule has 0 unspecified atom stereocenters. The van der Waals surface area contributed by atoms with Crippen molar-refractivity contribution in [3.8, 4) is 0 Å². The number of rotatable bonds is 0. The Bertz CT molecular complexity index is 31.0. The van der Waals surface area contributed by atoms with Gasteiger partial charge in [-0.05, 0) is 6.92 Å². The summed E-state index contributed by atoms with van der Waals surface area (Å²) in [6, 6.07) is 0. The first-order valence-corrected chi connectivity index (χ1v) is 4.02. The van der Waals surface area contributed by atoms with Gasteiger partial charge >= 0.3 is 0 Å². The second kappa shape index (κ2) is 11.7. The van der Waals surface area contributed by atoms with Crippen LogP contribution in [-0.2, 0) is 0 Å². The molecule has 3 N–H and O–H groups in total. The molecule has 2 nitrogen and oxygen atoms in total. The van der Waals surface area contributed by atoms with Gasteiger partial charge in [0, 0.05) is 6.61 Å². The van der Waals surface area contributed by atoms with Crippen molar-refractivity contribution >= 4 is 0 Å². The molecule has 0 aromatic heterocycles. The van der Waals surface area contributed by atoms with Crippen LogP contribution >= 0.6 is 0 Å². The fraction of sp³-hybridized carbons (Fsp3) is 1.00. The van der Waals surface area contributed by atoms with Crippen molar-refractivity contribution in [2.24, 2.45) is 0 Å². The molecule has 0 saturated heterocycles. The predicted molar refractivity (Wildman–Crippen MR) is 44.1 cm³/mol. The average molecular weight is 148 g/mol. The maximum Gasteiger partial charge on any atom is 0.0402 e. The van der Waals surface area contributed by atoms with Gasteiger partial charge in [0.15, 0.2) is 0 Å². The van der Waals surface area contributed by atoms with Gasteiger partial charge in [-0.3, -0.25) is 0 Å². The Morgan fingerprint density at radius 3 is 1.10 bits per heavy atom. The summed E-state index contributed by atoms with van der Waals surface area (Å²) in [4.78, 5) is 0. The molecular weight excluding hydrogens is 128 g/mol. The maximum absolute atomic E-state index is 7.57. The van der Waals surface area contributed by atoms with Crippen LogP contribution in [0.25, 0.3) is 0 Å². The van der Waals surface area contributed by atoms with Crippen LogP contribution in [0.3, 0.4) is 0 Å². The first-order valence-electron chi connectivity index (χ1n) is 4.02. The lowest BCUT2D eigenvalue weighted by Crippen LogP contribution is -1.85. The van der Waals surface area contributed by atoms with Gasteiger partial charge in [-0.15, -0.1) is 0 Å². The standard InChI is InChI=1S/C6H12.C2H6O.H2O/c1-2-4-6-5-3-1;1-2-3;/h1-6H2;3H,2H2,1H3;1H2. The molecule has 0 radical (unpaired) electrons. The highest BCUT2D eigenvalue weighted by atomic mass is 16.2. The molecule has 1 fully saturated rings. The van der Waals surface area contributed by atoms with Crippen LogP contribution in [-0.4, -0.2) is 17.2 Å². The molecule has 0 amide bonds. The van der Waals surface area contributed by atoms with Crippen molar-refractivity contribution in [2.75, 3.05) is 6.61 Å². The van der Waals surface area contributed by atoms with Crippen molar-refractivity contribution in [1.29, 1.82) is 0 Å². The largest absolute Gasteiger partial charge is 0.412 e. The van der Waals surface area contributed by atoms with E-state index in [0.717, 1.165) is 0 Å². The summed E-state index contributed by atoms with van der Waals surface area (Å²) < 4.78 is 0. The predicted octanol–water partition coefficient (Wildman–Crippen LogP) is 1.51. The van der Waals surface area contributed by atoms with Gasteiger partial charge in [-0.1, -0.05) is 38.5 Å². The highest BCUT2D eigenvalue weighted by molar-refractivity contribution is 4.51. The molecule has 1 aliphatic carbocycles. The molecule has 0 atom stereocenters. The zero-order valence-electron chi connectivity index (χ0n) is 6.90. The van der Waals surface area contributed by atoms with Crippen LogP contribution in [0.2, 0.25) is 0 Å². The molecule has 0 spiro atoms. The Morgan fingerprint density at radius 2 is 1.00 bits per heavy atom. The Kier molecular flexibility index (Phi) is 14.7. The Morgan fingerprint density at radius 1 is 0.900 bits per heavy atom. The van der Waals surface area contributed by atoms with E-state index in [1.54, 1.807) is 6.92 Å². The second-order valence-electron chi connectivity index (χ2n) is 2.44. The van der Waals surface area contributed by atoms with Crippen LogP contribution < -0.4 is 0 Å². The fourth-order valence-corrected chi connectivity index (χ4v) is 1.06. The lowest BCUT2D eigenvalue weighted by Gasteiger charge is -2.05. The van der Waals surface area contributed by atoms with E-state index >= 15 is 0 Å². The third-order valence-corrected chi connectivity index (χ3v) is 1.50. The van der Waals surface area contributed by atoms with E-state index in [4.69, 9.17) is 5.11 Å². The Hall–Kier alpha value is -0.0800. The fourth-order valence-electron chi connectivity index (χ4n) is 1.06. The summed E-state index contributed by atoms with van der Waals surface area (Å²) in [6.07, 6.45) is 9.00. The molecule has 1 aliphatic rings. The third-order valence-electron chi connectivity index (χ3n) is 1.50. The molecule has 0 bridgehead atoms. The van der Waals surface area contributed by atoms with E-state index in [1.165, 1.54) is 38.5 Å². The molecule has 0 heterocycles. The lowest BCUT2D eigenvalue weighted by molar-refractivity contribution is 0.318. The number of aliphatic hydroxyl groups excluding tert-OH is 1. The van der Waals surface area contributed by atoms with Gasteiger partial charge in [0.1, 0.15) is 0 Å². The van der Waals surface area contributed by atoms with Crippen molar-refractivity contribution in [3.05, 3.63) is 0 Å². The van der Waals surface area contributed by atoms with E-state index < -0.39 is 0 Å². The third kappa shape index (κ3) is 10.8. The molecule has 0 aromatic rings. The topological polar surface area (TPSA) is 51.7 Å². The van der Waals surface area contributed by atoms with Crippen LogP contribution in [0.4, 0.5) is 0 Å². The zero-order chi connectivity index (χ0) is 6.95. The highest BCUT2D eigenvalue weighted by Gasteiger charge is 1.95. The summed E-state index contributed by atoms with van der Waals surface area (Å²) in [7, 11) is 0. The highest BCUT2D eigenvalue weighted by Crippen LogP contribution is 2.15. The minimum atomic E-state index is 0. The second-order valence-corrected chi connectivity index (χ2v) is 2.44. The molecule has 1 saturated carbocycles. The first-order chi connectivity index (χ1) is 4.41. The zero-order valence-corrected chi connectivity index (χ0v) is 6.90. The molecule has 1 rings (SSSR count). The van der Waals surface area contributed by atoms with E-state index in [-0.39, 0.29) is 12.1 Å². The van der Waals surface area contributed by atoms with Crippen molar-refractivity contribution in [1.82, 2.24) is 0 Å². The summed E-state index contributed by atoms with van der Waals surface area (Å²) in [6.45, 7) is 1.93. The van der Waals surface area contributed by atoms with Gasteiger partial charge < -0.3 is 10.6 Å². The van der Waals surface area contributed by atoms with E-state index in [1.807, 2.05) is 0 Å². The van der Waals surface area contributed by atoms with Crippen LogP contribution in [0, 0.1) is 0 Å². The summed E-state index contributed by atoms with van der Waals surface area (Å²) >= 11 is 0. The van der Waals surface area contributed by atoms with Gasteiger partial charge in [0.2, 0.25) is 0 Å². The number of hydrogen-bond donors (Lipinski definition) is 1. The Labute approximate surface area is 63.6 Å². The summed E-state index contributed by atoms with van der Waals surface area (Å²) in [5.74, 6) is 0. The molecular formula is C8H20O2.